The first-order valence-corrected chi connectivity index (χ1v) is 6.38. The second-order valence-electron chi connectivity index (χ2n) is 4.27. The molecule has 0 heterocycles. The standard InChI is InChI=1S/C16H12FN3O2/c17-14-5-7-15(8-6-14)22-11-16(21)20-19-10-13-3-1-12(9-18)2-4-13/h1-8,10H,11H2,(H,20,21)/b19-10+. The number of ether oxygens (including phenoxy) is 1. The van der Waals surface area contributed by atoms with E-state index in [1.54, 1.807) is 24.3 Å². The zero-order chi connectivity index (χ0) is 15.8. The fourth-order valence-electron chi connectivity index (χ4n) is 1.53. The third-order valence-corrected chi connectivity index (χ3v) is 2.63. The van der Waals surface area contributed by atoms with Crippen LogP contribution in [-0.4, -0.2) is 18.7 Å². The quantitative estimate of drug-likeness (QED) is 0.679. The van der Waals surface area contributed by atoms with Gasteiger partial charge in [-0.2, -0.15) is 10.4 Å². The molecule has 0 aliphatic carbocycles. The summed E-state index contributed by atoms with van der Waals surface area (Å²) in [6.07, 6.45) is 1.46. The van der Waals surface area contributed by atoms with Gasteiger partial charge in [0, 0.05) is 0 Å². The van der Waals surface area contributed by atoms with E-state index in [1.807, 2.05) is 6.07 Å². The first-order valence-electron chi connectivity index (χ1n) is 6.38. The van der Waals surface area contributed by atoms with Crippen molar-refractivity contribution < 1.29 is 13.9 Å². The summed E-state index contributed by atoms with van der Waals surface area (Å²) in [5.41, 5.74) is 3.61. The topological polar surface area (TPSA) is 74.5 Å². The van der Waals surface area contributed by atoms with Crippen LogP contribution >= 0.6 is 0 Å². The van der Waals surface area contributed by atoms with Gasteiger partial charge in [0.2, 0.25) is 0 Å². The van der Waals surface area contributed by atoms with E-state index in [4.69, 9.17) is 10.00 Å². The summed E-state index contributed by atoms with van der Waals surface area (Å²) in [4.78, 5) is 11.5. The first kappa shape index (κ1) is 15.2. The number of hydrazone groups is 1. The van der Waals surface area contributed by atoms with Crippen LogP contribution < -0.4 is 10.2 Å². The average Bonchev–Trinajstić information content (AvgIpc) is 2.55. The highest BCUT2D eigenvalue weighted by atomic mass is 19.1. The Labute approximate surface area is 126 Å². The van der Waals surface area contributed by atoms with Crippen LogP contribution in [0.1, 0.15) is 11.1 Å². The molecule has 0 aliphatic rings. The van der Waals surface area contributed by atoms with Crippen LogP contribution in [0.4, 0.5) is 4.39 Å². The number of hydrogen-bond donors (Lipinski definition) is 1. The highest BCUT2D eigenvalue weighted by Crippen LogP contribution is 2.10. The van der Waals surface area contributed by atoms with E-state index in [-0.39, 0.29) is 12.4 Å². The van der Waals surface area contributed by atoms with Gasteiger partial charge in [0.15, 0.2) is 6.61 Å². The van der Waals surface area contributed by atoms with Gasteiger partial charge in [-0.1, -0.05) is 12.1 Å². The lowest BCUT2D eigenvalue weighted by atomic mass is 10.2. The fraction of sp³-hybridized carbons (Fsp3) is 0.0625. The Bertz CT molecular complexity index is 704. The van der Waals surface area contributed by atoms with Crippen molar-refractivity contribution in [2.45, 2.75) is 0 Å². The smallest absolute Gasteiger partial charge is 0.277 e. The Morgan fingerprint density at radius 2 is 1.91 bits per heavy atom. The van der Waals surface area contributed by atoms with Crippen molar-refractivity contribution >= 4 is 12.1 Å². The van der Waals surface area contributed by atoms with Crippen molar-refractivity contribution in [2.24, 2.45) is 5.10 Å². The molecule has 0 aromatic heterocycles. The molecule has 0 saturated carbocycles. The van der Waals surface area contributed by atoms with Crippen molar-refractivity contribution in [1.29, 1.82) is 5.26 Å². The summed E-state index contributed by atoms with van der Waals surface area (Å²) < 4.78 is 17.9. The number of nitrogens with zero attached hydrogens (tertiary/aromatic N) is 2. The molecule has 0 unspecified atom stereocenters. The van der Waals surface area contributed by atoms with Crippen molar-refractivity contribution in [3.05, 3.63) is 65.5 Å². The highest BCUT2D eigenvalue weighted by Gasteiger charge is 2.01. The molecule has 0 radical (unpaired) electrons. The lowest BCUT2D eigenvalue weighted by Gasteiger charge is -2.04. The molecule has 0 saturated heterocycles. The van der Waals surface area contributed by atoms with E-state index >= 15 is 0 Å². The molecule has 0 spiro atoms. The molecular formula is C16H12FN3O2. The average molecular weight is 297 g/mol. The molecule has 2 rings (SSSR count). The van der Waals surface area contributed by atoms with E-state index < -0.39 is 5.91 Å². The van der Waals surface area contributed by atoms with Crippen molar-refractivity contribution in [3.8, 4) is 11.8 Å². The van der Waals surface area contributed by atoms with E-state index in [0.717, 1.165) is 5.56 Å². The molecule has 0 fully saturated rings. The number of nitriles is 1. The molecule has 110 valence electrons. The first-order chi connectivity index (χ1) is 10.7. The van der Waals surface area contributed by atoms with E-state index in [9.17, 15) is 9.18 Å². The second-order valence-corrected chi connectivity index (χ2v) is 4.27. The lowest BCUT2D eigenvalue weighted by molar-refractivity contribution is -0.123. The van der Waals surface area contributed by atoms with Crippen molar-refractivity contribution in [2.75, 3.05) is 6.61 Å². The number of nitrogens with one attached hydrogen (secondary N) is 1. The molecule has 0 atom stereocenters. The maximum Gasteiger partial charge on any atom is 0.277 e. The third-order valence-electron chi connectivity index (χ3n) is 2.63. The zero-order valence-corrected chi connectivity index (χ0v) is 11.5. The summed E-state index contributed by atoms with van der Waals surface area (Å²) in [7, 11) is 0. The van der Waals surface area contributed by atoms with Crippen LogP contribution in [0, 0.1) is 17.1 Å². The second kappa shape index (κ2) is 7.55. The van der Waals surface area contributed by atoms with Crippen LogP contribution in [0.2, 0.25) is 0 Å². The fourth-order valence-corrected chi connectivity index (χ4v) is 1.53. The monoisotopic (exact) mass is 297 g/mol. The number of amides is 1. The Hall–Kier alpha value is -3.20. The van der Waals surface area contributed by atoms with E-state index in [0.29, 0.717) is 11.3 Å². The molecule has 2 aromatic carbocycles. The maximum absolute atomic E-state index is 12.7. The highest BCUT2D eigenvalue weighted by molar-refractivity contribution is 5.83. The Morgan fingerprint density at radius 1 is 1.23 bits per heavy atom. The molecule has 0 aliphatic heterocycles. The van der Waals surface area contributed by atoms with Crippen LogP contribution in [0.5, 0.6) is 5.75 Å². The normalized spacial score (nSPS) is 10.2. The summed E-state index contributed by atoms with van der Waals surface area (Å²) in [6, 6.07) is 14.1. The van der Waals surface area contributed by atoms with Gasteiger partial charge in [-0.25, -0.2) is 9.82 Å². The van der Waals surface area contributed by atoms with Gasteiger partial charge in [-0.3, -0.25) is 4.79 Å². The zero-order valence-electron chi connectivity index (χ0n) is 11.5. The van der Waals surface area contributed by atoms with Crippen LogP contribution in [-0.2, 0) is 4.79 Å². The predicted molar refractivity (Wildman–Crippen MR) is 78.8 cm³/mol. The SMILES string of the molecule is N#Cc1ccc(/C=N/NC(=O)COc2ccc(F)cc2)cc1. The van der Waals surface area contributed by atoms with Gasteiger partial charge in [-0.15, -0.1) is 0 Å². The van der Waals surface area contributed by atoms with Crippen LogP contribution in [0.3, 0.4) is 0 Å². The molecule has 1 amide bonds. The maximum atomic E-state index is 12.7. The number of hydrogen-bond acceptors (Lipinski definition) is 4. The van der Waals surface area contributed by atoms with Crippen molar-refractivity contribution in [3.63, 3.8) is 0 Å². The minimum absolute atomic E-state index is 0.226. The van der Waals surface area contributed by atoms with Gasteiger partial charge in [0.05, 0.1) is 17.8 Å². The lowest BCUT2D eigenvalue weighted by Crippen LogP contribution is -2.24. The molecular weight excluding hydrogens is 285 g/mol. The largest absolute Gasteiger partial charge is 0.484 e. The van der Waals surface area contributed by atoms with E-state index in [1.165, 1.54) is 30.5 Å². The van der Waals surface area contributed by atoms with Gasteiger partial charge in [-0.05, 0) is 42.0 Å². The number of rotatable bonds is 5. The molecule has 5 nitrogen and oxygen atoms in total. The minimum Gasteiger partial charge on any atom is -0.484 e. The summed E-state index contributed by atoms with van der Waals surface area (Å²) in [5, 5.41) is 12.4. The molecule has 22 heavy (non-hydrogen) atoms. The van der Waals surface area contributed by atoms with Gasteiger partial charge >= 0.3 is 0 Å². The summed E-state index contributed by atoms with van der Waals surface area (Å²) in [5.74, 6) is -0.411. The number of halogens is 1. The predicted octanol–water partition coefficient (Wildman–Crippen LogP) is 2.23. The van der Waals surface area contributed by atoms with E-state index in [2.05, 4.69) is 10.5 Å². The molecule has 6 heteroatoms. The Kier molecular flexibility index (Phi) is 5.21. The minimum atomic E-state index is -0.436. The van der Waals surface area contributed by atoms with Gasteiger partial charge in [0.1, 0.15) is 11.6 Å². The number of benzene rings is 2. The Morgan fingerprint density at radius 3 is 2.55 bits per heavy atom. The van der Waals surface area contributed by atoms with Crippen LogP contribution in [0.25, 0.3) is 0 Å². The number of carbonyl (C=O) groups is 1. The van der Waals surface area contributed by atoms with Crippen molar-refractivity contribution in [1.82, 2.24) is 5.43 Å². The molecule has 0 bridgehead atoms. The van der Waals surface area contributed by atoms with Gasteiger partial charge in [0.25, 0.3) is 5.91 Å². The number of carbonyl (C=O) groups excluding carboxylic acids is 1. The molecule has 1 N–H and O–H groups in total. The molecule has 2 aromatic rings. The Balaban J connectivity index is 1.78. The summed E-state index contributed by atoms with van der Waals surface area (Å²) >= 11 is 0. The third kappa shape index (κ3) is 4.72. The van der Waals surface area contributed by atoms with Gasteiger partial charge < -0.3 is 4.74 Å². The van der Waals surface area contributed by atoms with Crippen LogP contribution in [0.15, 0.2) is 53.6 Å². The summed E-state index contributed by atoms with van der Waals surface area (Å²) in [6.45, 7) is -0.226.